The number of hydrogen-bond acceptors (Lipinski definition) is 3. The Morgan fingerprint density at radius 1 is 1.08 bits per heavy atom. The third kappa shape index (κ3) is 3.40. The molecule has 128 valence electrons. The van der Waals surface area contributed by atoms with Gasteiger partial charge in [-0.05, 0) is 43.2 Å². The van der Waals surface area contributed by atoms with E-state index in [2.05, 4.69) is 6.92 Å². The van der Waals surface area contributed by atoms with E-state index in [1.54, 1.807) is 6.20 Å². The average molecular weight is 336 g/mol. The van der Waals surface area contributed by atoms with E-state index in [1.807, 2.05) is 54.0 Å². The molecule has 0 saturated heterocycles. The Balaban J connectivity index is 1.80. The highest BCUT2D eigenvalue weighted by Gasteiger charge is 2.18. The molecule has 3 aromatic rings. The largest absolute Gasteiger partial charge is 0.492 e. The maximum atomic E-state index is 12.0. The number of amides is 1. The lowest BCUT2D eigenvalue weighted by atomic mass is 10.1. The molecule has 2 aromatic carbocycles. The van der Waals surface area contributed by atoms with Gasteiger partial charge in [-0.25, -0.2) is 0 Å². The lowest BCUT2D eigenvalue weighted by Crippen LogP contribution is -2.22. The molecule has 1 heterocycles. The molecule has 5 nitrogen and oxygen atoms in total. The van der Waals surface area contributed by atoms with Gasteiger partial charge in [0, 0.05) is 17.1 Å². The Labute approximate surface area is 146 Å². The lowest BCUT2D eigenvalue weighted by Gasteiger charge is -2.10. The van der Waals surface area contributed by atoms with Crippen LogP contribution < -0.4 is 10.5 Å². The molecule has 0 spiro atoms. The van der Waals surface area contributed by atoms with E-state index in [-0.39, 0.29) is 0 Å². The molecule has 0 fully saturated rings. The van der Waals surface area contributed by atoms with Crippen LogP contribution in [0.5, 0.6) is 5.75 Å². The molecule has 2 N–H and O–H groups in total. The molecule has 0 aliphatic carbocycles. The van der Waals surface area contributed by atoms with Crippen LogP contribution in [0.3, 0.4) is 0 Å². The first kappa shape index (κ1) is 16.8. The highest BCUT2D eigenvalue weighted by atomic mass is 16.5. The summed E-state index contributed by atoms with van der Waals surface area (Å²) >= 11 is 0. The van der Waals surface area contributed by atoms with Crippen molar-refractivity contribution in [3.05, 3.63) is 65.4 Å². The molecule has 1 amide bonds. The topological polar surface area (TPSA) is 74.3 Å². The van der Waals surface area contributed by atoms with Crippen LogP contribution in [0.25, 0.3) is 10.9 Å². The fourth-order valence-corrected chi connectivity index (χ4v) is 2.81. The van der Waals surface area contributed by atoms with Crippen LogP contribution in [0.15, 0.2) is 48.7 Å². The summed E-state index contributed by atoms with van der Waals surface area (Å²) < 4.78 is 7.72. The molecule has 25 heavy (non-hydrogen) atoms. The van der Waals surface area contributed by atoms with Crippen molar-refractivity contribution in [1.82, 2.24) is 4.57 Å². The number of fused-ring (bicyclic) bond motifs is 1. The van der Waals surface area contributed by atoms with Gasteiger partial charge in [-0.3, -0.25) is 9.59 Å². The quantitative estimate of drug-likeness (QED) is 0.555. The van der Waals surface area contributed by atoms with Gasteiger partial charge in [0.25, 0.3) is 11.7 Å². The molecular formula is C20H20N2O3. The first-order chi connectivity index (χ1) is 12.0. The molecule has 0 saturated carbocycles. The summed E-state index contributed by atoms with van der Waals surface area (Å²) in [5.41, 5.74) is 8.75. The number of ketones is 1. The summed E-state index contributed by atoms with van der Waals surface area (Å²) in [5.74, 6) is -0.813. The van der Waals surface area contributed by atoms with Crippen LogP contribution in [-0.2, 0) is 11.3 Å². The number of hydrogen-bond donors (Lipinski definition) is 1. The van der Waals surface area contributed by atoms with Gasteiger partial charge in [-0.15, -0.1) is 0 Å². The summed E-state index contributed by atoms with van der Waals surface area (Å²) in [6, 6.07) is 13.4. The second-order valence-corrected chi connectivity index (χ2v) is 6.04. The number of Topliss-reactive ketones (excluding diaryl/α,β-unsaturated/α-hetero) is 1. The highest BCUT2D eigenvalue weighted by molar-refractivity contribution is 6.44. The van der Waals surface area contributed by atoms with Crippen molar-refractivity contribution < 1.29 is 14.3 Å². The van der Waals surface area contributed by atoms with Gasteiger partial charge >= 0.3 is 0 Å². The Morgan fingerprint density at radius 3 is 2.56 bits per heavy atom. The zero-order valence-corrected chi connectivity index (χ0v) is 14.3. The van der Waals surface area contributed by atoms with Gasteiger partial charge in [0.05, 0.1) is 12.1 Å². The van der Waals surface area contributed by atoms with E-state index < -0.39 is 11.7 Å². The maximum absolute atomic E-state index is 12.0. The monoisotopic (exact) mass is 336 g/mol. The summed E-state index contributed by atoms with van der Waals surface area (Å²) in [4.78, 5) is 23.3. The van der Waals surface area contributed by atoms with Gasteiger partial charge in [-0.2, -0.15) is 0 Å². The Bertz CT molecular complexity index is 957. The fraction of sp³-hybridized carbons (Fsp3) is 0.200. The van der Waals surface area contributed by atoms with Gasteiger partial charge in [0.1, 0.15) is 12.4 Å². The fourth-order valence-electron chi connectivity index (χ4n) is 2.81. The van der Waals surface area contributed by atoms with Crippen LogP contribution in [0.4, 0.5) is 0 Å². The second kappa shape index (κ2) is 6.81. The molecule has 0 atom stereocenters. The zero-order valence-electron chi connectivity index (χ0n) is 14.3. The van der Waals surface area contributed by atoms with Gasteiger partial charge in [-0.1, -0.05) is 24.3 Å². The Kier molecular flexibility index (Phi) is 4.57. The van der Waals surface area contributed by atoms with Crippen molar-refractivity contribution in [3.8, 4) is 5.75 Å². The predicted molar refractivity (Wildman–Crippen MR) is 96.9 cm³/mol. The number of para-hydroxylation sites is 1. The minimum atomic E-state index is -0.950. The number of primary amides is 1. The summed E-state index contributed by atoms with van der Waals surface area (Å²) in [6.45, 7) is 5.11. The normalized spacial score (nSPS) is 10.8. The molecular weight excluding hydrogens is 316 g/mol. The standard InChI is InChI=1S/C20H20N2O3/c1-13-7-8-15(11-14(13)2)25-10-9-22-12-17(19(23)20(21)24)16-5-3-4-6-18(16)22/h3-8,11-12H,9-10H2,1-2H3,(H2,21,24). The summed E-state index contributed by atoms with van der Waals surface area (Å²) in [5, 5.41) is 0.720. The predicted octanol–water partition coefficient (Wildman–Crippen LogP) is 3.01. The molecule has 5 heteroatoms. The van der Waals surface area contributed by atoms with Crippen LogP contribution >= 0.6 is 0 Å². The van der Waals surface area contributed by atoms with Crippen LogP contribution in [-0.4, -0.2) is 22.9 Å². The maximum Gasteiger partial charge on any atom is 0.289 e. The van der Waals surface area contributed by atoms with Gasteiger partial charge < -0.3 is 15.0 Å². The number of benzene rings is 2. The number of rotatable bonds is 6. The third-order valence-corrected chi connectivity index (χ3v) is 4.34. The number of carbonyl (C=O) groups excluding carboxylic acids is 2. The van der Waals surface area contributed by atoms with Gasteiger partial charge in [0.15, 0.2) is 0 Å². The molecule has 0 bridgehead atoms. The molecule has 0 unspecified atom stereocenters. The molecule has 0 aliphatic rings. The average Bonchev–Trinajstić information content (AvgIpc) is 2.96. The highest BCUT2D eigenvalue weighted by Crippen LogP contribution is 2.22. The third-order valence-electron chi connectivity index (χ3n) is 4.34. The molecule has 3 rings (SSSR count). The Hall–Kier alpha value is -3.08. The van der Waals surface area contributed by atoms with Crippen molar-refractivity contribution in [2.75, 3.05) is 6.61 Å². The molecule has 0 radical (unpaired) electrons. The van der Waals surface area contributed by atoms with E-state index in [4.69, 9.17) is 10.5 Å². The van der Waals surface area contributed by atoms with Crippen LogP contribution in [0.1, 0.15) is 21.5 Å². The first-order valence-electron chi connectivity index (χ1n) is 8.09. The Morgan fingerprint density at radius 2 is 1.84 bits per heavy atom. The number of ether oxygens (including phenoxy) is 1. The van der Waals surface area contributed by atoms with E-state index in [1.165, 1.54) is 11.1 Å². The summed E-state index contributed by atoms with van der Waals surface area (Å²) in [7, 11) is 0. The van der Waals surface area contributed by atoms with Crippen LogP contribution in [0, 0.1) is 13.8 Å². The first-order valence-corrected chi connectivity index (χ1v) is 8.09. The SMILES string of the molecule is Cc1ccc(OCCn2cc(C(=O)C(N)=O)c3ccccc32)cc1C. The number of aryl methyl sites for hydroxylation is 2. The number of carbonyl (C=O) groups is 2. The lowest BCUT2D eigenvalue weighted by molar-refractivity contribution is -0.114. The number of nitrogens with two attached hydrogens (primary N) is 1. The minimum Gasteiger partial charge on any atom is -0.492 e. The zero-order chi connectivity index (χ0) is 18.0. The molecule has 0 aliphatic heterocycles. The van der Waals surface area contributed by atoms with Crippen molar-refractivity contribution in [3.63, 3.8) is 0 Å². The van der Waals surface area contributed by atoms with Crippen molar-refractivity contribution in [2.45, 2.75) is 20.4 Å². The number of aromatic nitrogens is 1. The summed E-state index contributed by atoms with van der Waals surface area (Å²) in [6.07, 6.45) is 1.67. The van der Waals surface area contributed by atoms with E-state index in [0.717, 1.165) is 16.7 Å². The van der Waals surface area contributed by atoms with E-state index in [0.29, 0.717) is 18.7 Å². The van der Waals surface area contributed by atoms with Gasteiger partial charge in [0.2, 0.25) is 0 Å². The van der Waals surface area contributed by atoms with E-state index in [9.17, 15) is 9.59 Å². The van der Waals surface area contributed by atoms with Crippen molar-refractivity contribution in [1.29, 1.82) is 0 Å². The van der Waals surface area contributed by atoms with Crippen molar-refractivity contribution >= 4 is 22.6 Å². The van der Waals surface area contributed by atoms with Crippen LogP contribution in [0.2, 0.25) is 0 Å². The van der Waals surface area contributed by atoms with Crippen molar-refractivity contribution in [2.24, 2.45) is 5.73 Å². The number of nitrogens with zero attached hydrogens (tertiary/aromatic N) is 1. The van der Waals surface area contributed by atoms with E-state index >= 15 is 0 Å². The minimum absolute atomic E-state index is 0.328. The second-order valence-electron chi connectivity index (χ2n) is 6.04. The molecule has 1 aromatic heterocycles. The smallest absolute Gasteiger partial charge is 0.289 e.